The van der Waals surface area contributed by atoms with Crippen LogP contribution in [0.5, 0.6) is 0 Å². The summed E-state index contributed by atoms with van der Waals surface area (Å²) < 4.78 is 0. The van der Waals surface area contributed by atoms with Gasteiger partial charge in [-0.1, -0.05) is 37.1 Å². The minimum Gasteiger partial charge on any atom is -0.423 e. The molecule has 0 aromatic heterocycles. The summed E-state index contributed by atoms with van der Waals surface area (Å²) in [6.45, 7) is 0. The predicted molar refractivity (Wildman–Crippen MR) is 58.6 cm³/mol. The van der Waals surface area contributed by atoms with Gasteiger partial charge >= 0.3 is 7.12 Å². The Morgan fingerprint density at radius 3 is 2.27 bits per heavy atom. The van der Waals surface area contributed by atoms with Crippen molar-refractivity contribution in [3.8, 4) is 0 Å². The normalized spacial score (nSPS) is 17.5. The van der Waals surface area contributed by atoms with Gasteiger partial charge in [-0.25, -0.2) is 0 Å². The molecule has 0 aliphatic heterocycles. The first kappa shape index (κ1) is 10.7. The minimum atomic E-state index is -1.43. The first-order chi connectivity index (χ1) is 7.16. The first-order valence-electron chi connectivity index (χ1n) is 5.31. The molecule has 2 rings (SSSR count). The molecule has 0 heterocycles. The molecule has 0 spiro atoms. The van der Waals surface area contributed by atoms with Gasteiger partial charge in [0.15, 0.2) is 0 Å². The Kier molecular flexibility index (Phi) is 3.10. The summed E-state index contributed by atoms with van der Waals surface area (Å²) in [6, 6.07) is 6.77. The fourth-order valence-electron chi connectivity index (χ4n) is 1.70. The molecule has 1 fully saturated rings. The topological polar surface area (TPSA) is 60.7 Å². The van der Waals surface area contributed by atoms with Gasteiger partial charge in [0.1, 0.15) is 0 Å². The summed E-state index contributed by atoms with van der Waals surface area (Å²) in [6.07, 6.45) is 2.86. The number of aliphatic hydroxyl groups is 1. The lowest BCUT2D eigenvalue weighted by Crippen LogP contribution is -2.29. The molecule has 3 nitrogen and oxygen atoms in total. The van der Waals surface area contributed by atoms with Gasteiger partial charge < -0.3 is 15.2 Å². The number of rotatable bonds is 4. The van der Waals surface area contributed by atoms with Crippen molar-refractivity contribution in [2.75, 3.05) is 0 Å². The Hall–Kier alpha value is -0.835. The molecule has 0 bridgehead atoms. The van der Waals surface area contributed by atoms with Gasteiger partial charge in [0.05, 0.1) is 6.10 Å². The standard InChI is InChI=1S/C11H15BO3/c13-11(7-8-1-2-8)9-3-5-10(6-4-9)12(14)15/h3-6,8,11,13-15H,1-2,7H2/t11-/m0/s1. The van der Waals surface area contributed by atoms with Crippen LogP contribution >= 0.6 is 0 Å². The van der Waals surface area contributed by atoms with Crippen LogP contribution in [0.2, 0.25) is 0 Å². The van der Waals surface area contributed by atoms with Gasteiger partial charge in [-0.3, -0.25) is 0 Å². The summed E-state index contributed by atoms with van der Waals surface area (Å²) in [7, 11) is -1.43. The maximum absolute atomic E-state index is 9.84. The van der Waals surface area contributed by atoms with E-state index >= 15 is 0 Å². The average molecular weight is 206 g/mol. The van der Waals surface area contributed by atoms with Crippen LogP contribution in [-0.4, -0.2) is 22.3 Å². The van der Waals surface area contributed by atoms with Crippen LogP contribution in [0, 0.1) is 5.92 Å². The summed E-state index contributed by atoms with van der Waals surface area (Å²) in [5.41, 5.74) is 1.31. The molecule has 3 N–H and O–H groups in total. The lowest BCUT2D eigenvalue weighted by atomic mass is 9.80. The zero-order valence-corrected chi connectivity index (χ0v) is 8.50. The lowest BCUT2D eigenvalue weighted by molar-refractivity contribution is 0.160. The smallest absolute Gasteiger partial charge is 0.423 e. The Bertz CT molecular complexity index is 319. The molecule has 1 saturated carbocycles. The summed E-state index contributed by atoms with van der Waals surface area (Å²) in [4.78, 5) is 0. The monoisotopic (exact) mass is 206 g/mol. The van der Waals surface area contributed by atoms with E-state index in [1.807, 2.05) is 0 Å². The van der Waals surface area contributed by atoms with Crippen molar-refractivity contribution in [1.82, 2.24) is 0 Å². The second kappa shape index (κ2) is 4.35. The third kappa shape index (κ3) is 2.81. The molecule has 0 saturated heterocycles. The predicted octanol–water partition coefficient (Wildman–Crippen LogP) is 0.200. The van der Waals surface area contributed by atoms with Crippen LogP contribution in [0.3, 0.4) is 0 Å². The van der Waals surface area contributed by atoms with Gasteiger partial charge in [-0.05, 0) is 23.4 Å². The van der Waals surface area contributed by atoms with Gasteiger partial charge in [-0.15, -0.1) is 0 Å². The molecular weight excluding hydrogens is 191 g/mol. The van der Waals surface area contributed by atoms with Crippen LogP contribution in [0.25, 0.3) is 0 Å². The Morgan fingerprint density at radius 1 is 1.20 bits per heavy atom. The van der Waals surface area contributed by atoms with Crippen LogP contribution in [-0.2, 0) is 0 Å². The quantitative estimate of drug-likeness (QED) is 0.616. The van der Waals surface area contributed by atoms with E-state index < -0.39 is 13.2 Å². The number of aliphatic hydroxyl groups excluding tert-OH is 1. The second-order valence-electron chi connectivity index (χ2n) is 4.24. The fraction of sp³-hybridized carbons (Fsp3) is 0.455. The van der Waals surface area contributed by atoms with Crippen molar-refractivity contribution >= 4 is 12.6 Å². The van der Waals surface area contributed by atoms with E-state index in [0.29, 0.717) is 11.4 Å². The highest BCUT2D eigenvalue weighted by molar-refractivity contribution is 6.58. The largest absolute Gasteiger partial charge is 0.488 e. The van der Waals surface area contributed by atoms with Crippen molar-refractivity contribution < 1.29 is 15.2 Å². The highest BCUT2D eigenvalue weighted by atomic mass is 16.4. The third-order valence-corrected chi connectivity index (χ3v) is 2.87. The molecule has 1 aliphatic rings. The van der Waals surface area contributed by atoms with E-state index in [4.69, 9.17) is 10.0 Å². The highest BCUT2D eigenvalue weighted by Gasteiger charge is 2.25. The molecule has 4 heteroatoms. The van der Waals surface area contributed by atoms with E-state index in [1.54, 1.807) is 24.3 Å². The van der Waals surface area contributed by atoms with Crippen molar-refractivity contribution in [2.24, 2.45) is 5.92 Å². The average Bonchev–Trinajstić information content (AvgIpc) is 3.02. The van der Waals surface area contributed by atoms with Gasteiger partial charge in [-0.2, -0.15) is 0 Å². The fourth-order valence-corrected chi connectivity index (χ4v) is 1.70. The van der Waals surface area contributed by atoms with Crippen molar-refractivity contribution in [3.05, 3.63) is 29.8 Å². The van der Waals surface area contributed by atoms with Crippen LogP contribution in [0.15, 0.2) is 24.3 Å². The molecule has 0 radical (unpaired) electrons. The van der Waals surface area contributed by atoms with E-state index in [-0.39, 0.29) is 0 Å². The second-order valence-corrected chi connectivity index (χ2v) is 4.24. The van der Waals surface area contributed by atoms with E-state index in [9.17, 15) is 5.11 Å². The molecule has 1 aliphatic carbocycles. The van der Waals surface area contributed by atoms with Crippen LogP contribution in [0.1, 0.15) is 30.9 Å². The Labute approximate surface area is 89.5 Å². The number of benzene rings is 1. The molecule has 0 unspecified atom stereocenters. The van der Waals surface area contributed by atoms with Gasteiger partial charge in [0.2, 0.25) is 0 Å². The lowest BCUT2D eigenvalue weighted by Gasteiger charge is -2.10. The molecule has 1 aromatic rings. The van der Waals surface area contributed by atoms with Gasteiger partial charge in [0, 0.05) is 0 Å². The Morgan fingerprint density at radius 2 is 1.80 bits per heavy atom. The van der Waals surface area contributed by atoms with E-state index in [0.717, 1.165) is 12.0 Å². The maximum atomic E-state index is 9.84. The molecule has 15 heavy (non-hydrogen) atoms. The Balaban J connectivity index is 2.01. The van der Waals surface area contributed by atoms with Crippen molar-refractivity contribution in [2.45, 2.75) is 25.4 Å². The first-order valence-corrected chi connectivity index (χ1v) is 5.31. The van der Waals surface area contributed by atoms with E-state index in [2.05, 4.69) is 0 Å². The zero-order chi connectivity index (χ0) is 10.8. The molecule has 1 atom stereocenters. The maximum Gasteiger partial charge on any atom is 0.488 e. The van der Waals surface area contributed by atoms with Crippen molar-refractivity contribution in [3.63, 3.8) is 0 Å². The van der Waals surface area contributed by atoms with Crippen LogP contribution < -0.4 is 5.46 Å². The number of hydrogen-bond donors (Lipinski definition) is 3. The van der Waals surface area contributed by atoms with Crippen molar-refractivity contribution in [1.29, 1.82) is 0 Å². The SMILES string of the molecule is OB(O)c1ccc([C@@H](O)CC2CC2)cc1. The van der Waals surface area contributed by atoms with E-state index in [1.165, 1.54) is 12.8 Å². The minimum absolute atomic E-state index is 0.414. The number of hydrogen-bond acceptors (Lipinski definition) is 3. The zero-order valence-electron chi connectivity index (χ0n) is 8.50. The molecule has 1 aromatic carbocycles. The van der Waals surface area contributed by atoms with Crippen LogP contribution in [0.4, 0.5) is 0 Å². The molecule has 0 amide bonds. The summed E-state index contributed by atoms with van der Waals surface area (Å²) in [5.74, 6) is 0.683. The molecular formula is C11H15BO3. The highest BCUT2D eigenvalue weighted by Crippen LogP contribution is 2.37. The van der Waals surface area contributed by atoms with Gasteiger partial charge in [0.25, 0.3) is 0 Å². The molecule has 80 valence electrons. The summed E-state index contributed by atoms with van der Waals surface area (Å²) in [5, 5.41) is 27.6. The summed E-state index contributed by atoms with van der Waals surface area (Å²) >= 11 is 0. The third-order valence-electron chi connectivity index (χ3n) is 2.87.